The second kappa shape index (κ2) is 6.80. The summed E-state index contributed by atoms with van der Waals surface area (Å²) in [5, 5.41) is 14.9. The average molecular weight is 319 g/mol. The molecule has 2 N–H and O–H groups in total. The van der Waals surface area contributed by atoms with Crippen molar-refractivity contribution in [1.29, 1.82) is 0 Å². The van der Waals surface area contributed by atoms with E-state index in [0.29, 0.717) is 12.6 Å². The van der Waals surface area contributed by atoms with Crippen molar-refractivity contribution in [1.82, 2.24) is 5.32 Å². The maximum absolute atomic E-state index is 11.3. The number of hydrogen-bond donors (Lipinski definition) is 2. The lowest BCUT2D eigenvalue weighted by Gasteiger charge is -2.38. The number of benzene rings is 1. The first-order valence-corrected chi connectivity index (χ1v) is 8.79. The van der Waals surface area contributed by atoms with E-state index in [-0.39, 0.29) is 12.2 Å². The van der Waals surface area contributed by atoms with E-state index < -0.39 is 5.60 Å². The monoisotopic (exact) mass is 319 g/mol. The van der Waals surface area contributed by atoms with E-state index in [1.165, 1.54) is 5.56 Å². The molecule has 23 heavy (non-hydrogen) atoms. The molecule has 1 aliphatic carbocycles. The molecule has 0 spiro atoms. The molecule has 1 aromatic carbocycles. The molecule has 3 atom stereocenters. The smallest absolute Gasteiger partial charge is 0.119 e. The summed E-state index contributed by atoms with van der Waals surface area (Å²) in [5.74, 6) is 0.817. The third-order valence-corrected chi connectivity index (χ3v) is 5.24. The van der Waals surface area contributed by atoms with Gasteiger partial charge in [-0.05, 0) is 69.2 Å². The fourth-order valence-electron chi connectivity index (χ4n) is 4.11. The summed E-state index contributed by atoms with van der Waals surface area (Å²) < 4.78 is 11.1. The molecular formula is C19H29NO3. The Morgan fingerprint density at radius 2 is 2.04 bits per heavy atom. The van der Waals surface area contributed by atoms with E-state index in [1.807, 2.05) is 12.1 Å². The average Bonchev–Trinajstić information content (AvgIpc) is 2.52. The highest BCUT2D eigenvalue weighted by atomic mass is 16.5. The summed E-state index contributed by atoms with van der Waals surface area (Å²) in [6, 6.07) is 6.50. The molecule has 1 fully saturated rings. The van der Waals surface area contributed by atoms with Crippen LogP contribution in [-0.2, 0) is 16.8 Å². The highest BCUT2D eigenvalue weighted by Gasteiger charge is 2.36. The number of aliphatic hydroxyl groups is 1. The molecule has 1 heterocycles. The number of rotatable bonds is 4. The van der Waals surface area contributed by atoms with E-state index in [1.54, 1.807) is 7.11 Å². The minimum Gasteiger partial charge on any atom is -0.497 e. The lowest BCUT2D eigenvalue weighted by molar-refractivity contribution is -0.0487. The molecule has 1 saturated heterocycles. The van der Waals surface area contributed by atoms with Crippen LogP contribution in [0.3, 0.4) is 0 Å². The Labute approximate surface area is 139 Å². The molecule has 1 aromatic rings. The maximum Gasteiger partial charge on any atom is 0.119 e. The lowest BCUT2D eigenvalue weighted by Crippen LogP contribution is -2.48. The van der Waals surface area contributed by atoms with E-state index in [0.717, 1.165) is 43.4 Å². The quantitative estimate of drug-likeness (QED) is 0.896. The second-order valence-electron chi connectivity index (χ2n) is 7.21. The van der Waals surface area contributed by atoms with Crippen molar-refractivity contribution in [3.8, 4) is 5.75 Å². The molecule has 4 nitrogen and oxygen atoms in total. The predicted molar refractivity (Wildman–Crippen MR) is 90.9 cm³/mol. The van der Waals surface area contributed by atoms with Crippen LogP contribution in [0.15, 0.2) is 18.2 Å². The number of aryl methyl sites for hydroxylation is 1. The molecule has 4 heteroatoms. The van der Waals surface area contributed by atoms with Crippen molar-refractivity contribution >= 4 is 0 Å². The van der Waals surface area contributed by atoms with Gasteiger partial charge in [-0.3, -0.25) is 0 Å². The molecule has 1 aliphatic heterocycles. The predicted octanol–water partition coefficient (Wildman–Crippen LogP) is 2.76. The Bertz CT molecular complexity index is 537. The van der Waals surface area contributed by atoms with Crippen LogP contribution in [0.5, 0.6) is 5.75 Å². The molecule has 128 valence electrons. The molecule has 0 amide bonds. The molecule has 0 bridgehead atoms. The van der Waals surface area contributed by atoms with Gasteiger partial charge in [-0.25, -0.2) is 0 Å². The third kappa shape index (κ3) is 3.70. The maximum atomic E-state index is 11.3. The molecule has 0 unspecified atom stereocenters. The normalized spacial score (nSPS) is 34.0. The molecule has 0 saturated carbocycles. The lowest BCUT2D eigenvalue weighted by atomic mass is 9.78. The first-order valence-electron chi connectivity index (χ1n) is 8.79. The SMILES string of the molecule is COc1ccc2c(c1)[C@](O)(CNC1C[C@@H](C)O[C@H](C)C1)CCC2. The van der Waals surface area contributed by atoms with E-state index >= 15 is 0 Å². The Morgan fingerprint density at radius 1 is 1.30 bits per heavy atom. The number of fused-ring (bicyclic) bond motifs is 1. The zero-order valence-corrected chi connectivity index (χ0v) is 14.5. The van der Waals surface area contributed by atoms with Gasteiger partial charge in [0.05, 0.1) is 19.3 Å². The van der Waals surface area contributed by atoms with Crippen LogP contribution in [0, 0.1) is 0 Å². The van der Waals surface area contributed by atoms with Gasteiger partial charge in [-0.1, -0.05) is 6.07 Å². The number of methoxy groups -OCH3 is 1. The van der Waals surface area contributed by atoms with E-state index in [9.17, 15) is 5.11 Å². The van der Waals surface area contributed by atoms with E-state index in [4.69, 9.17) is 9.47 Å². The standard InChI is InChI=1S/C19H29NO3/c1-13-9-16(10-14(2)23-13)20-12-19(21)8-4-5-15-6-7-17(22-3)11-18(15)19/h6-7,11,13-14,16,20-21H,4-5,8-10,12H2,1-3H3/t13-,14-,19-/m1/s1. The Morgan fingerprint density at radius 3 is 2.74 bits per heavy atom. The fraction of sp³-hybridized carbons (Fsp3) is 0.684. The molecule has 0 aromatic heterocycles. The van der Waals surface area contributed by atoms with Crippen LogP contribution in [0.4, 0.5) is 0 Å². The molecule has 3 rings (SSSR count). The zero-order chi connectivity index (χ0) is 16.4. The van der Waals surface area contributed by atoms with Gasteiger partial charge >= 0.3 is 0 Å². The minimum atomic E-state index is -0.799. The first kappa shape index (κ1) is 16.7. The Hall–Kier alpha value is -1.10. The van der Waals surface area contributed by atoms with Gasteiger partial charge in [0.2, 0.25) is 0 Å². The van der Waals surface area contributed by atoms with Gasteiger partial charge in [0.25, 0.3) is 0 Å². The number of ether oxygens (including phenoxy) is 2. The number of nitrogens with one attached hydrogen (secondary N) is 1. The van der Waals surface area contributed by atoms with Crippen molar-refractivity contribution in [2.24, 2.45) is 0 Å². The van der Waals surface area contributed by atoms with Crippen molar-refractivity contribution in [3.63, 3.8) is 0 Å². The molecular weight excluding hydrogens is 290 g/mol. The summed E-state index contributed by atoms with van der Waals surface area (Å²) in [5.41, 5.74) is 1.48. The third-order valence-electron chi connectivity index (χ3n) is 5.24. The highest BCUT2D eigenvalue weighted by Crippen LogP contribution is 2.37. The van der Waals surface area contributed by atoms with Crippen molar-refractivity contribution < 1.29 is 14.6 Å². The van der Waals surface area contributed by atoms with Crippen molar-refractivity contribution in [2.75, 3.05) is 13.7 Å². The van der Waals surface area contributed by atoms with Gasteiger partial charge in [0.15, 0.2) is 0 Å². The summed E-state index contributed by atoms with van der Waals surface area (Å²) in [7, 11) is 1.67. The van der Waals surface area contributed by atoms with Crippen molar-refractivity contribution in [2.45, 2.75) is 69.8 Å². The second-order valence-corrected chi connectivity index (χ2v) is 7.21. The summed E-state index contributed by atoms with van der Waals surface area (Å²) >= 11 is 0. The van der Waals surface area contributed by atoms with Gasteiger partial charge < -0.3 is 19.9 Å². The Balaban J connectivity index is 1.72. The van der Waals surface area contributed by atoms with Gasteiger partial charge in [0.1, 0.15) is 11.4 Å². The van der Waals surface area contributed by atoms with Crippen LogP contribution in [0.2, 0.25) is 0 Å². The fourth-order valence-corrected chi connectivity index (χ4v) is 4.11. The van der Waals surface area contributed by atoms with Crippen LogP contribution >= 0.6 is 0 Å². The minimum absolute atomic E-state index is 0.282. The first-order chi connectivity index (χ1) is 11.0. The van der Waals surface area contributed by atoms with Gasteiger partial charge in [-0.2, -0.15) is 0 Å². The number of hydrogen-bond acceptors (Lipinski definition) is 4. The van der Waals surface area contributed by atoms with Crippen LogP contribution in [0.1, 0.15) is 50.7 Å². The molecule has 0 radical (unpaired) electrons. The van der Waals surface area contributed by atoms with E-state index in [2.05, 4.69) is 25.2 Å². The summed E-state index contributed by atoms with van der Waals surface area (Å²) in [6.45, 7) is 4.84. The Kier molecular flexibility index (Phi) is 4.95. The largest absolute Gasteiger partial charge is 0.497 e. The van der Waals surface area contributed by atoms with Gasteiger partial charge in [0, 0.05) is 12.6 Å². The van der Waals surface area contributed by atoms with Crippen LogP contribution in [0.25, 0.3) is 0 Å². The summed E-state index contributed by atoms with van der Waals surface area (Å²) in [6.07, 6.45) is 5.44. The topological polar surface area (TPSA) is 50.7 Å². The highest BCUT2D eigenvalue weighted by molar-refractivity contribution is 5.41. The van der Waals surface area contributed by atoms with Crippen LogP contribution in [-0.4, -0.2) is 37.0 Å². The van der Waals surface area contributed by atoms with Crippen LogP contribution < -0.4 is 10.1 Å². The van der Waals surface area contributed by atoms with Crippen molar-refractivity contribution in [3.05, 3.63) is 29.3 Å². The molecule has 2 aliphatic rings. The summed E-state index contributed by atoms with van der Waals surface area (Å²) in [4.78, 5) is 0. The van der Waals surface area contributed by atoms with Gasteiger partial charge in [-0.15, -0.1) is 0 Å². The zero-order valence-electron chi connectivity index (χ0n) is 14.5.